The Morgan fingerprint density at radius 1 is 1.10 bits per heavy atom. The van der Waals surface area contributed by atoms with Crippen molar-refractivity contribution in [3.05, 3.63) is 35.4 Å². The summed E-state index contributed by atoms with van der Waals surface area (Å²) in [5.41, 5.74) is 6.48. The van der Waals surface area contributed by atoms with Gasteiger partial charge in [0.05, 0.1) is 0 Å². The zero-order valence-electron chi connectivity index (χ0n) is 13.4. The number of nitrogens with two attached hydrogens (primary N) is 1. The second-order valence-electron chi connectivity index (χ2n) is 6.23. The number of halogens is 2. The number of benzene rings is 1. The van der Waals surface area contributed by atoms with E-state index in [4.69, 9.17) is 5.73 Å². The van der Waals surface area contributed by atoms with Crippen LogP contribution in [-0.4, -0.2) is 50.1 Å². The van der Waals surface area contributed by atoms with Gasteiger partial charge in [-0.1, -0.05) is 19.9 Å². The Morgan fingerprint density at radius 3 is 2.29 bits per heavy atom. The number of nitrogens with zero attached hydrogens (tertiary/aromatic N) is 2. The lowest BCUT2D eigenvalue weighted by molar-refractivity contribution is 0.207. The summed E-state index contributed by atoms with van der Waals surface area (Å²) < 4.78 is 26.7. The number of rotatable bonds is 8. The molecule has 2 N–H and O–H groups in total. The molecule has 5 heteroatoms. The van der Waals surface area contributed by atoms with Crippen LogP contribution in [0, 0.1) is 17.6 Å². The van der Waals surface area contributed by atoms with Crippen LogP contribution >= 0.6 is 0 Å². The van der Waals surface area contributed by atoms with Gasteiger partial charge in [-0.3, -0.25) is 4.90 Å². The first kappa shape index (κ1) is 18.0. The smallest absolute Gasteiger partial charge is 0.130 e. The van der Waals surface area contributed by atoms with Crippen LogP contribution in [0.2, 0.25) is 0 Å². The highest BCUT2D eigenvalue weighted by molar-refractivity contribution is 5.22. The Kier molecular flexibility index (Phi) is 7.22. The molecule has 1 rings (SSSR count). The van der Waals surface area contributed by atoms with Gasteiger partial charge in [-0.2, -0.15) is 0 Å². The molecule has 1 unspecified atom stereocenters. The largest absolute Gasteiger partial charge is 0.323 e. The van der Waals surface area contributed by atoms with E-state index in [9.17, 15) is 8.78 Å². The van der Waals surface area contributed by atoms with E-state index in [2.05, 4.69) is 23.6 Å². The minimum Gasteiger partial charge on any atom is -0.323 e. The lowest BCUT2D eigenvalue weighted by atomic mass is 10.1. The summed E-state index contributed by atoms with van der Waals surface area (Å²) in [4.78, 5) is 4.34. The van der Waals surface area contributed by atoms with Crippen molar-refractivity contribution in [1.29, 1.82) is 0 Å². The highest BCUT2D eigenvalue weighted by Crippen LogP contribution is 2.17. The van der Waals surface area contributed by atoms with Gasteiger partial charge in [0.25, 0.3) is 0 Å². The normalized spacial score (nSPS) is 13.4. The first-order valence-corrected chi connectivity index (χ1v) is 7.37. The van der Waals surface area contributed by atoms with E-state index in [0.29, 0.717) is 18.0 Å². The third-order valence-electron chi connectivity index (χ3n) is 3.30. The molecule has 0 aromatic heterocycles. The van der Waals surface area contributed by atoms with Gasteiger partial charge in [0.2, 0.25) is 0 Å². The summed E-state index contributed by atoms with van der Waals surface area (Å²) >= 11 is 0. The van der Waals surface area contributed by atoms with Crippen LogP contribution in [-0.2, 0) is 0 Å². The van der Waals surface area contributed by atoms with Gasteiger partial charge in [0.15, 0.2) is 0 Å². The molecule has 0 aliphatic heterocycles. The van der Waals surface area contributed by atoms with Gasteiger partial charge in [-0.25, -0.2) is 8.78 Å². The SMILES string of the molecule is CC(C)CN(CCN(C)C)CC(N)c1ccc(F)cc1F. The fourth-order valence-corrected chi connectivity index (χ4v) is 2.29. The predicted molar refractivity (Wildman–Crippen MR) is 83.1 cm³/mol. The topological polar surface area (TPSA) is 32.5 Å². The summed E-state index contributed by atoms with van der Waals surface area (Å²) in [6.07, 6.45) is 0. The van der Waals surface area contributed by atoms with E-state index in [-0.39, 0.29) is 0 Å². The molecule has 21 heavy (non-hydrogen) atoms. The molecule has 0 amide bonds. The van der Waals surface area contributed by atoms with Crippen LogP contribution < -0.4 is 5.73 Å². The maximum atomic E-state index is 13.8. The maximum Gasteiger partial charge on any atom is 0.130 e. The molecule has 1 aromatic carbocycles. The monoisotopic (exact) mass is 299 g/mol. The summed E-state index contributed by atoms with van der Waals surface area (Å²) in [7, 11) is 4.04. The van der Waals surface area contributed by atoms with E-state index < -0.39 is 17.7 Å². The molecule has 0 fully saturated rings. The predicted octanol–water partition coefficient (Wildman–Crippen LogP) is 2.48. The van der Waals surface area contributed by atoms with Crippen molar-refractivity contribution >= 4 is 0 Å². The van der Waals surface area contributed by atoms with Crippen molar-refractivity contribution in [2.45, 2.75) is 19.9 Å². The summed E-state index contributed by atoms with van der Waals surface area (Å²) in [6, 6.07) is 3.13. The fraction of sp³-hybridized carbons (Fsp3) is 0.625. The van der Waals surface area contributed by atoms with Gasteiger partial charge in [0.1, 0.15) is 11.6 Å². The van der Waals surface area contributed by atoms with E-state index >= 15 is 0 Å². The number of hydrogen-bond donors (Lipinski definition) is 1. The Bertz CT molecular complexity index is 436. The zero-order valence-corrected chi connectivity index (χ0v) is 13.4. The van der Waals surface area contributed by atoms with E-state index in [1.54, 1.807) is 0 Å². The van der Waals surface area contributed by atoms with Crippen LogP contribution in [0.15, 0.2) is 18.2 Å². The van der Waals surface area contributed by atoms with Gasteiger partial charge in [0, 0.05) is 43.9 Å². The van der Waals surface area contributed by atoms with Crippen molar-refractivity contribution in [1.82, 2.24) is 9.80 Å². The lowest BCUT2D eigenvalue weighted by Crippen LogP contribution is -2.39. The average molecular weight is 299 g/mol. The van der Waals surface area contributed by atoms with Crippen LogP contribution in [0.4, 0.5) is 8.78 Å². The summed E-state index contributed by atoms with van der Waals surface area (Å²) in [5.74, 6) is -0.632. The molecule has 0 heterocycles. The molecule has 0 radical (unpaired) electrons. The van der Waals surface area contributed by atoms with Crippen LogP contribution in [0.1, 0.15) is 25.5 Å². The first-order chi connectivity index (χ1) is 9.79. The quantitative estimate of drug-likeness (QED) is 0.800. The molecule has 0 saturated heterocycles. The highest BCUT2D eigenvalue weighted by Gasteiger charge is 2.17. The summed E-state index contributed by atoms with van der Waals surface area (Å²) in [5, 5.41) is 0. The van der Waals surface area contributed by atoms with Crippen molar-refractivity contribution in [2.24, 2.45) is 11.7 Å². The Balaban J connectivity index is 2.71. The Hall–Kier alpha value is -1.04. The number of hydrogen-bond acceptors (Lipinski definition) is 3. The van der Waals surface area contributed by atoms with Crippen LogP contribution in [0.3, 0.4) is 0 Å². The van der Waals surface area contributed by atoms with Gasteiger partial charge >= 0.3 is 0 Å². The standard InChI is InChI=1S/C16H27F2N3/c1-12(2)10-21(8-7-20(3)4)11-16(19)14-6-5-13(17)9-15(14)18/h5-6,9,12,16H,7-8,10-11,19H2,1-4H3. The minimum atomic E-state index is -0.574. The molecule has 0 aliphatic rings. The molecular weight excluding hydrogens is 272 g/mol. The zero-order chi connectivity index (χ0) is 16.0. The van der Waals surface area contributed by atoms with E-state index in [1.165, 1.54) is 12.1 Å². The molecule has 1 aromatic rings. The Labute approximate surface area is 126 Å². The van der Waals surface area contributed by atoms with E-state index in [1.807, 2.05) is 14.1 Å². The molecule has 0 aliphatic carbocycles. The third-order valence-corrected chi connectivity index (χ3v) is 3.30. The lowest BCUT2D eigenvalue weighted by Gasteiger charge is -2.28. The van der Waals surface area contributed by atoms with Gasteiger partial charge < -0.3 is 10.6 Å². The maximum absolute atomic E-state index is 13.8. The molecule has 0 spiro atoms. The number of likely N-dealkylation sites (N-methyl/N-ethyl adjacent to an activating group) is 1. The average Bonchev–Trinajstić information content (AvgIpc) is 2.34. The van der Waals surface area contributed by atoms with Gasteiger partial charge in [-0.05, 0) is 26.1 Å². The minimum absolute atomic E-state index is 0.370. The molecule has 0 saturated carbocycles. The van der Waals surface area contributed by atoms with Gasteiger partial charge in [-0.15, -0.1) is 0 Å². The fourth-order valence-electron chi connectivity index (χ4n) is 2.29. The summed E-state index contributed by atoms with van der Waals surface area (Å²) in [6.45, 7) is 7.56. The van der Waals surface area contributed by atoms with Crippen molar-refractivity contribution < 1.29 is 8.78 Å². The molecule has 1 atom stereocenters. The highest BCUT2D eigenvalue weighted by atomic mass is 19.1. The van der Waals surface area contributed by atoms with Crippen molar-refractivity contribution in [3.63, 3.8) is 0 Å². The second kappa shape index (κ2) is 8.41. The molecular formula is C16H27F2N3. The molecule has 3 nitrogen and oxygen atoms in total. The van der Waals surface area contributed by atoms with Crippen molar-refractivity contribution in [2.75, 3.05) is 40.3 Å². The molecule has 120 valence electrons. The van der Waals surface area contributed by atoms with Crippen molar-refractivity contribution in [3.8, 4) is 0 Å². The second-order valence-corrected chi connectivity index (χ2v) is 6.23. The molecule has 0 bridgehead atoms. The van der Waals surface area contributed by atoms with E-state index in [0.717, 1.165) is 25.7 Å². The van der Waals surface area contributed by atoms with Crippen LogP contribution in [0.5, 0.6) is 0 Å². The Morgan fingerprint density at radius 2 is 1.76 bits per heavy atom. The first-order valence-electron chi connectivity index (χ1n) is 7.37. The third kappa shape index (κ3) is 6.50. The van der Waals surface area contributed by atoms with Crippen LogP contribution in [0.25, 0.3) is 0 Å².